The van der Waals surface area contributed by atoms with E-state index in [2.05, 4.69) is 57.7 Å². The number of unbranched alkanes of at least 4 members (excludes halogenated alkanes) is 1. The highest BCUT2D eigenvalue weighted by atomic mass is 32.2. The van der Waals surface area contributed by atoms with Crippen LogP contribution in [0.1, 0.15) is 73.2 Å². The molecule has 10 nitrogen and oxygen atoms in total. The van der Waals surface area contributed by atoms with Crippen molar-refractivity contribution in [2.45, 2.75) is 75.5 Å². The van der Waals surface area contributed by atoms with Crippen molar-refractivity contribution in [3.8, 4) is 11.1 Å². The predicted octanol–water partition coefficient (Wildman–Crippen LogP) is 4.88. The van der Waals surface area contributed by atoms with Gasteiger partial charge in [-0.3, -0.25) is 14.4 Å². The van der Waals surface area contributed by atoms with Gasteiger partial charge in [0.15, 0.2) is 0 Å². The van der Waals surface area contributed by atoms with E-state index in [4.69, 9.17) is 4.74 Å². The molecule has 0 radical (unpaired) electrons. The molecule has 2 unspecified atom stereocenters. The largest absolute Gasteiger partial charge is 0.449 e. The average molecular weight is 698 g/mol. The molecule has 0 bridgehead atoms. The quantitative estimate of drug-likeness (QED) is 0.188. The van der Waals surface area contributed by atoms with E-state index in [1.165, 1.54) is 16.7 Å². The highest BCUT2D eigenvalue weighted by Crippen LogP contribution is 2.44. The summed E-state index contributed by atoms with van der Waals surface area (Å²) in [6, 6.07) is 22.7. The zero-order chi connectivity index (χ0) is 35.0. The van der Waals surface area contributed by atoms with Gasteiger partial charge in [0.2, 0.25) is 17.7 Å². The molecule has 0 aromatic heterocycles. The van der Waals surface area contributed by atoms with Crippen molar-refractivity contribution in [1.82, 2.24) is 26.2 Å². The van der Waals surface area contributed by atoms with Crippen LogP contribution in [0.15, 0.2) is 72.8 Å². The van der Waals surface area contributed by atoms with Crippen molar-refractivity contribution in [3.05, 3.63) is 95.1 Å². The third-order valence-electron chi connectivity index (χ3n) is 10.1. The zero-order valence-electron chi connectivity index (χ0n) is 28.8. The van der Waals surface area contributed by atoms with Gasteiger partial charge < -0.3 is 30.9 Å². The number of ether oxygens (including phenoxy) is 1. The smallest absolute Gasteiger partial charge is 0.407 e. The number of thioether (sulfide) groups is 1. The maximum Gasteiger partial charge on any atom is 0.407 e. The fraction of sp³-hybridized carbons (Fsp3) is 0.436. The number of hydrogen-bond acceptors (Lipinski definition) is 7. The Morgan fingerprint density at radius 2 is 1.60 bits per heavy atom. The minimum Gasteiger partial charge on any atom is -0.449 e. The lowest BCUT2D eigenvalue weighted by atomic mass is 9.87. The molecule has 6 rings (SSSR count). The third kappa shape index (κ3) is 8.00. The summed E-state index contributed by atoms with van der Waals surface area (Å²) in [5, 5.41) is 11.9. The van der Waals surface area contributed by atoms with Crippen LogP contribution in [0.4, 0.5) is 4.79 Å². The molecule has 4 amide bonds. The van der Waals surface area contributed by atoms with E-state index in [-0.39, 0.29) is 36.3 Å². The number of carbonyl (C=O) groups excluding carboxylic acids is 4. The molecule has 1 heterocycles. The minimum atomic E-state index is -0.794. The molecular formula is C39H47N5O5S. The number of fused-ring (bicyclic) bond motifs is 4. The average Bonchev–Trinajstić information content (AvgIpc) is 3.76. The molecule has 50 heavy (non-hydrogen) atoms. The highest BCUT2D eigenvalue weighted by Gasteiger charge is 2.39. The lowest BCUT2D eigenvalue weighted by Crippen LogP contribution is -2.56. The predicted molar refractivity (Wildman–Crippen MR) is 196 cm³/mol. The molecule has 0 spiro atoms. The standard InChI is InChI=1S/C39H47N5O5S/c1-25(40-2)36(45)43-34(38(47)44-24-50-23-35(44)37(46)42-33-20-11-13-26-12-3-4-14-27(26)33)19-9-10-21-41-39(48)49-22-32-30-17-7-5-15-28(30)29-16-6-8-18-31(29)32/h3-8,12,14-18,25,32-35,40H,9-11,13,19-24H2,1-2H3,(H,41,48)(H,42,46)(H,43,45)/t25?,33-,34+,35?/m1/s1. The maximum absolute atomic E-state index is 14.0. The Balaban J connectivity index is 1.01. The Hall–Kier alpha value is -4.35. The van der Waals surface area contributed by atoms with Gasteiger partial charge in [-0.25, -0.2) is 4.79 Å². The summed E-state index contributed by atoms with van der Waals surface area (Å²) in [5.74, 6) is 0.163. The molecule has 4 atom stereocenters. The number of amides is 4. The second-order valence-electron chi connectivity index (χ2n) is 13.3. The van der Waals surface area contributed by atoms with Gasteiger partial charge in [-0.05, 0) is 85.9 Å². The number of hydrogen-bond donors (Lipinski definition) is 4. The van der Waals surface area contributed by atoms with Gasteiger partial charge >= 0.3 is 6.09 Å². The topological polar surface area (TPSA) is 129 Å². The van der Waals surface area contributed by atoms with Crippen LogP contribution in [0.2, 0.25) is 0 Å². The second kappa shape index (κ2) is 16.6. The van der Waals surface area contributed by atoms with Crippen LogP contribution in [0.25, 0.3) is 11.1 Å². The highest BCUT2D eigenvalue weighted by molar-refractivity contribution is 7.99. The summed E-state index contributed by atoms with van der Waals surface area (Å²) in [5.41, 5.74) is 7.06. The summed E-state index contributed by atoms with van der Waals surface area (Å²) >= 11 is 1.54. The van der Waals surface area contributed by atoms with Gasteiger partial charge in [-0.15, -0.1) is 11.8 Å². The molecule has 3 aliphatic rings. The Bertz CT molecular complexity index is 1660. The number of rotatable bonds is 13. The minimum absolute atomic E-state index is 0.0170. The number of alkyl carbamates (subject to hydrolysis) is 1. The van der Waals surface area contributed by atoms with E-state index < -0.39 is 24.2 Å². The molecule has 11 heteroatoms. The van der Waals surface area contributed by atoms with E-state index in [1.54, 1.807) is 30.6 Å². The molecule has 4 N–H and O–H groups in total. The van der Waals surface area contributed by atoms with Crippen LogP contribution in [0, 0.1) is 0 Å². The van der Waals surface area contributed by atoms with Gasteiger partial charge in [-0.2, -0.15) is 0 Å². The molecule has 0 saturated carbocycles. The summed E-state index contributed by atoms with van der Waals surface area (Å²) in [7, 11) is 1.69. The zero-order valence-corrected chi connectivity index (χ0v) is 29.6. The summed E-state index contributed by atoms with van der Waals surface area (Å²) in [6.45, 7) is 2.34. The first-order chi connectivity index (χ1) is 24.4. The Morgan fingerprint density at radius 3 is 2.32 bits per heavy atom. The van der Waals surface area contributed by atoms with E-state index >= 15 is 0 Å². The Labute approximate surface area is 298 Å². The van der Waals surface area contributed by atoms with E-state index in [0.29, 0.717) is 37.4 Å². The van der Waals surface area contributed by atoms with Crippen LogP contribution in [0.5, 0.6) is 0 Å². The Kier molecular flexibility index (Phi) is 11.8. The van der Waals surface area contributed by atoms with Crippen LogP contribution < -0.4 is 21.3 Å². The van der Waals surface area contributed by atoms with Crippen molar-refractivity contribution in [2.24, 2.45) is 0 Å². The number of nitrogens with zero attached hydrogens (tertiary/aromatic N) is 1. The van der Waals surface area contributed by atoms with Gasteiger partial charge in [0, 0.05) is 18.2 Å². The van der Waals surface area contributed by atoms with Crippen LogP contribution in [0.3, 0.4) is 0 Å². The van der Waals surface area contributed by atoms with Crippen LogP contribution >= 0.6 is 11.8 Å². The lowest BCUT2D eigenvalue weighted by Gasteiger charge is -2.31. The molecule has 1 saturated heterocycles. The lowest BCUT2D eigenvalue weighted by molar-refractivity contribution is -0.141. The van der Waals surface area contributed by atoms with Crippen molar-refractivity contribution < 1.29 is 23.9 Å². The number of aryl methyl sites for hydroxylation is 1. The fourth-order valence-electron chi connectivity index (χ4n) is 7.25. The van der Waals surface area contributed by atoms with Crippen LogP contribution in [-0.2, 0) is 25.5 Å². The van der Waals surface area contributed by atoms with E-state index in [0.717, 1.165) is 36.0 Å². The number of likely N-dealkylation sites (N-methyl/N-ethyl adjacent to an activating group) is 1. The van der Waals surface area contributed by atoms with Crippen molar-refractivity contribution in [1.29, 1.82) is 0 Å². The first-order valence-electron chi connectivity index (χ1n) is 17.7. The second-order valence-corrected chi connectivity index (χ2v) is 14.3. The number of carbonyl (C=O) groups is 4. The Morgan fingerprint density at radius 1 is 0.920 bits per heavy atom. The number of benzene rings is 3. The van der Waals surface area contributed by atoms with Crippen molar-refractivity contribution >= 4 is 35.6 Å². The van der Waals surface area contributed by atoms with Gasteiger partial charge in [0.05, 0.1) is 18.0 Å². The third-order valence-corrected chi connectivity index (χ3v) is 11.1. The first kappa shape index (κ1) is 35.5. The van der Waals surface area contributed by atoms with Gasteiger partial charge in [0.25, 0.3) is 0 Å². The van der Waals surface area contributed by atoms with E-state index in [9.17, 15) is 19.2 Å². The maximum atomic E-state index is 14.0. The van der Waals surface area contributed by atoms with Crippen molar-refractivity contribution in [2.75, 3.05) is 31.8 Å². The molecule has 1 aliphatic heterocycles. The van der Waals surface area contributed by atoms with Gasteiger partial charge in [-0.1, -0.05) is 72.8 Å². The van der Waals surface area contributed by atoms with Crippen LogP contribution in [-0.4, -0.2) is 78.7 Å². The molecule has 2 aliphatic carbocycles. The van der Waals surface area contributed by atoms with E-state index in [1.807, 2.05) is 36.4 Å². The molecule has 3 aromatic carbocycles. The molecular weight excluding hydrogens is 651 g/mol. The SMILES string of the molecule is CNC(C)C(=O)N[C@@H](CCCCNC(=O)OCC1c2ccccc2-c2ccccc21)C(=O)N1CSCC1C(=O)N[C@@H]1CCCc2ccccc21. The summed E-state index contributed by atoms with van der Waals surface area (Å²) in [6.07, 6.45) is 3.91. The monoisotopic (exact) mass is 697 g/mol. The summed E-state index contributed by atoms with van der Waals surface area (Å²) < 4.78 is 5.66. The van der Waals surface area contributed by atoms with Gasteiger partial charge in [0.1, 0.15) is 18.7 Å². The molecule has 3 aromatic rings. The summed E-state index contributed by atoms with van der Waals surface area (Å²) in [4.78, 5) is 54.7. The fourth-order valence-corrected chi connectivity index (χ4v) is 8.41. The first-order valence-corrected chi connectivity index (χ1v) is 18.8. The normalized spacial score (nSPS) is 19.0. The molecule has 1 fully saturated rings. The van der Waals surface area contributed by atoms with Crippen molar-refractivity contribution in [3.63, 3.8) is 0 Å². The molecule has 264 valence electrons. The number of nitrogens with one attached hydrogen (secondary N) is 4.